The van der Waals surface area contributed by atoms with E-state index in [1.165, 1.54) is 5.56 Å². The van der Waals surface area contributed by atoms with Crippen LogP contribution in [0.1, 0.15) is 60.6 Å². The number of nitrogens with zero attached hydrogens (tertiary/aromatic N) is 1. The summed E-state index contributed by atoms with van der Waals surface area (Å²) in [5, 5.41) is 10.2. The lowest BCUT2D eigenvalue weighted by Gasteiger charge is -2.28. The molecule has 1 N–H and O–H groups in total. The van der Waals surface area contributed by atoms with Crippen LogP contribution in [0.25, 0.3) is 21.3 Å². The van der Waals surface area contributed by atoms with Crippen molar-refractivity contribution >= 4 is 27.5 Å². The van der Waals surface area contributed by atoms with Gasteiger partial charge in [-0.2, -0.15) is 0 Å². The van der Waals surface area contributed by atoms with Gasteiger partial charge in [0, 0.05) is 21.7 Å². The standard InChI is InChI=1S/C25H29NO4S/c1-13-12-18-23(31-13)21(17-9-10-19-16(14(17)2)8-7-11-29-19)20(15(3)26-18)22(24(27)28)30-25(4,5)6/h9-10,12,22H,7-8,11H2,1-6H3,(H,27,28)/t22-/m0/s1. The number of benzene rings is 1. The van der Waals surface area contributed by atoms with Gasteiger partial charge >= 0.3 is 5.97 Å². The molecule has 3 aromatic rings. The minimum absolute atomic E-state index is 0.619. The van der Waals surface area contributed by atoms with Crippen molar-refractivity contribution in [2.24, 2.45) is 0 Å². The number of hydrogen-bond acceptors (Lipinski definition) is 5. The quantitative estimate of drug-likeness (QED) is 0.528. The molecular weight excluding hydrogens is 410 g/mol. The summed E-state index contributed by atoms with van der Waals surface area (Å²) < 4.78 is 12.9. The molecule has 1 aliphatic heterocycles. The van der Waals surface area contributed by atoms with Gasteiger partial charge in [-0.3, -0.25) is 4.98 Å². The zero-order chi connectivity index (χ0) is 22.5. The summed E-state index contributed by atoms with van der Waals surface area (Å²) in [4.78, 5) is 18.3. The zero-order valence-electron chi connectivity index (χ0n) is 19.0. The first kappa shape index (κ1) is 21.8. The molecule has 0 aliphatic carbocycles. The lowest BCUT2D eigenvalue weighted by Crippen LogP contribution is -2.28. The Hall–Kier alpha value is -2.44. The Morgan fingerprint density at radius 2 is 2.00 bits per heavy atom. The van der Waals surface area contributed by atoms with E-state index in [0.717, 1.165) is 57.0 Å². The lowest BCUT2D eigenvalue weighted by molar-refractivity contribution is -0.160. The highest BCUT2D eigenvalue weighted by atomic mass is 32.1. The number of aliphatic carboxylic acids is 1. The van der Waals surface area contributed by atoms with E-state index in [1.807, 2.05) is 33.8 Å². The Kier molecular flexibility index (Phi) is 5.56. The maximum absolute atomic E-state index is 12.4. The van der Waals surface area contributed by atoms with E-state index in [4.69, 9.17) is 14.5 Å². The SMILES string of the molecule is Cc1cc2nc(C)c([C@H](OC(C)(C)C)C(=O)O)c(-c3ccc4c(c3C)CCCO4)c2s1. The minimum atomic E-state index is -1.11. The van der Waals surface area contributed by atoms with E-state index in [9.17, 15) is 9.90 Å². The number of rotatable bonds is 4. The summed E-state index contributed by atoms with van der Waals surface area (Å²) in [6.45, 7) is 12.4. The van der Waals surface area contributed by atoms with E-state index in [0.29, 0.717) is 11.3 Å². The maximum Gasteiger partial charge on any atom is 0.337 e. The third kappa shape index (κ3) is 4.06. The van der Waals surface area contributed by atoms with Gasteiger partial charge in [0.1, 0.15) is 5.75 Å². The normalized spacial score (nSPS) is 14.9. The third-order valence-electron chi connectivity index (χ3n) is 5.62. The second-order valence-corrected chi connectivity index (χ2v) is 10.4. The number of carbonyl (C=O) groups is 1. The van der Waals surface area contributed by atoms with Gasteiger partial charge in [0.15, 0.2) is 6.10 Å². The second-order valence-electron chi connectivity index (χ2n) is 9.17. The average Bonchev–Trinajstić information content (AvgIpc) is 3.05. The molecule has 0 spiro atoms. The lowest BCUT2D eigenvalue weighted by atomic mass is 9.88. The van der Waals surface area contributed by atoms with Crippen molar-refractivity contribution in [3.63, 3.8) is 0 Å². The van der Waals surface area contributed by atoms with Crippen molar-refractivity contribution < 1.29 is 19.4 Å². The molecule has 31 heavy (non-hydrogen) atoms. The maximum atomic E-state index is 12.4. The molecule has 0 amide bonds. The van der Waals surface area contributed by atoms with Gasteiger partial charge in [-0.05, 0) is 83.2 Å². The highest BCUT2D eigenvalue weighted by Gasteiger charge is 2.33. The van der Waals surface area contributed by atoms with Crippen molar-refractivity contribution in [1.29, 1.82) is 0 Å². The molecule has 0 saturated heterocycles. The zero-order valence-corrected chi connectivity index (χ0v) is 19.8. The van der Waals surface area contributed by atoms with Gasteiger partial charge in [-0.25, -0.2) is 4.79 Å². The Balaban J connectivity index is 2.06. The third-order valence-corrected chi connectivity index (χ3v) is 6.68. The number of aryl methyl sites for hydroxylation is 2. The van der Waals surface area contributed by atoms with Crippen molar-refractivity contribution in [3.05, 3.63) is 45.5 Å². The van der Waals surface area contributed by atoms with E-state index in [-0.39, 0.29) is 0 Å². The van der Waals surface area contributed by atoms with Crippen LogP contribution in [0, 0.1) is 20.8 Å². The number of aromatic nitrogens is 1. The fraction of sp³-hybridized carbons (Fsp3) is 0.440. The van der Waals surface area contributed by atoms with E-state index in [2.05, 4.69) is 26.0 Å². The summed E-state index contributed by atoms with van der Waals surface area (Å²) in [7, 11) is 0. The summed E-state index contributed by atoms with van der Waals surface area (Å²) in [6.07, 6.45) is 0.834. The highest BCUT2D eigenvalue weighted by molar-refractivity contribution is 7.19. The topological polar surface area (TPSA) is 68.7 Å². The first-order valence-electron chi connectivity index (χ1n) is 10.6. The fourth-order valence-electron chi connectivity index (χ4n) is 4.36. The molecule has 5 nitrogen and oxygen atoms in total. The van der Waals surface area contributed by atoms with Crippen LogP contribution in [0.15, 0.2) is 18.2 Å². The summed E-state index contributed by atoms with van der Waals surface area (Å²) in [5.74, 6) is -0.0770. The van der Waals surface area contributed by atoms with Crippen LogP contribution in [0.2, 0.25) is 0 Å². The molecule has 0 unspecified atom stereocenters. The molecule has 0 radical (unpaired) electrons. The van der Waals surface area contributed by atoms with Gasteiger partial charge in [0.25, 0.3) is 0 Å². The average molecular weight is 440 g/mol. The molecule has 4 rings (SSSR count). The van der Waals surface area contributed by atoms with Crippen LogP contribution in [-0.4, -0.2) is 28.3 Å². The Bertz CT molecular complexity index is 1170. The summed E-state index contributed by atoms with van der Waals surface area (Å²) in [6, 6.07) is 6.14. The van der Waals surface area contributed by atoms with Crippen LogP contribution >= 0.6 is 11.3 Å². The van der Waals surface area contributed by atoms with Gasteiger partial charge in [0.2, 0.25) is 0 Å². The molecule has 1 atom stereocenters. The monoisotopic (exact) mass is 439 g/mol. The highest BCUT2D eigenvalue weighted by Crippen LogP contribution is 2.45. The number of fused-ring (bicyclic) bond motifs is 2. The number of hydrogen-bond donors (Lipinski definition) is 1. The van der Waals surface area contributed by atoms with E-state index >= 15 is 0 Å². The molecule has 1 aromatic carbocycles. The largest absolute Gasteiger partial charge is 0.493 e. The van der Waals surface area contributed by atoms with Crippen LogP contribution < -0.4 is 4.74 Å². The fourth-order valence-corrected chi connectivity index (χ4v) is 5.39. The van der Waals surface area contributed by atoms with Gasteiger partial charge < -0.3 is 14.6 Å². The molecule has 2 aromatic heterocycles. The molecule has 6 heteroatoms. The Labute approximate surface area is 187 Å². The predicted molar refractivity (Wildman–Crippen MR) is 124 cm³/mol. The molecule has 1 aliphatic rings. The molecule has 3 heterocycles. The first-order chi connectivity index (χ1) is 14.6. The Morgan fingerprint density at radius 1 is 1.26 bits per heavy atom. The number of ether oxygens (including phenoxy) is 2. The Morgan fingerprint density at radius 3 is 2.68 bits per heavy atom. The van der Waals surface area contributed by atoms with Crippen molar-refractivity contribution in [2.75, 3.05) is 6.61 Å². The van der Waals surface area contributed by atoms with E-state index in [1.54, 1.807) is 11.3 Å². The number of pyridine rings is 1. The van der Waals surface area contributed by atoms with Gasteiger partial charge in [-0.1, -0.05) is 6.07 Å². The molecule has 0 saturated carbocycles. The molecular formula is C25H29NO4S. The van der Waals surface area contributed by atoms with Gasteiger partial charge in [-0.15, -0.1) is 11.3 Å². The number of thiophene rings is 1. The summed E-state index contributed by atoms with van der Waals surface area (Å²) in [5.41, 5.74) is 5.88. The predicted octanol–water partition coefficient (Wildman–Crippen LogP) is 6.15. The van der Waals surface area contributed by atoms with Crippen molar-refractivity contribution in [1.82, 2.24) is 4.98 Å². The van der Waals surface area contributed by atoms with Crippen molar-refractivity contribution in [3.8, 4) is 16.9 Å². The van der Waals surface area contributed by atoms with E-state index < -0.39 is 17.7 Å². The summed E-state index contributed by atoms with van der Waals surface area (Å²) >= 11 is 1.65. The van der Waals surface area contributed by atoms with Crippen molar-refractivity contribution in [2.45, 2.75) is 66.1 Å². The molecule has 0 fully saturated rings. The smallest absolute Gasteiger partial charge is 0.337 e. The number of carboxylic acids is 1. The first-order valence-corrected chi connectivity index (χ1v) is 11.5. The molecule has 0 bridgehead atoms. The number of carboxylic acid groups (broad SMARTS) is 1. The van der Waals surface area contributed by atoms with Gasteiger partial charge in [0.05, 0.1) is 22.4 Å². The second kappa shape index (κ2) is 7.92. The van der Waals surface area contributed by atoms with Crippen LogP contribution in [0.5, 0.6) is 5.75 Å². The molecule has 164 valence electrons. The minimum Gasteiger partial charge on any atom is -0.493 e. The van der Waals surface area contributed by atoms with Crippen LogP contribution in [0.3, 0.4) is 0 Å². The van der Waals surface area contributed by atoms with Crippen LogP contribution in [0.4, 0.5) is 0 Å². The van der Waals surface area contributed by atoms with Crippen LogP contribution in [-0.2, 0) is 16.0 Å².